The molecule has 0 radical (unpaired) electrons. The van der Waals surface area contributed by atoms with Crippen LogP contribution in [-0.4, -0.2) is 36.3 Å². The molecule has 7 nitrogen and oxygen atoms in total. The molecule has 6 N–H and O–H groups in total. The minimum absolute atomic E-state index is 0.214. The number of hydrogen-bond acceptors (Lipinski definition) is 4. The van der Waals surface area contributed by atoms with Gasteiger partial charge in [0.25, 0.3) is 0 Å². The normalized spacial score (nSPS) is 13.7. The zero-order valence-corrected chi connectivity index (χ0v) is 11.7. The minimum Gasteiger partial charge on any atom is -0.368 e. The molecule has 110 valence electrons. The highest BCUT2D eigenvalue weighted by molar-refractivity contribution is 5.91. The van der Waals surface area contributed by atoms with Crippen LogP contribution in [0.5, 0.6) is 0 Å². The summed E-state index contributed by atoms with van der Waals surface area (Å²) >= 11 is 0. The predicted octanol–water partition coefficient (Wildman–Crippen LogP) is -1.14. The van der Waals surface area contributed by atoms with E-state index in [0.29, 0.717) is 12.8 Å². The Labute approximate surface area is 113 Å². The molecule has 0 aliphatic carbocycles. The predicted molar refractivity (Wildman–Crippen MR) is 71.9 cm³/mol. The third kappa shape index (κ3) is 7.40. The molecule has 2 atom stereocenters. The molecule has 0 spiro atoms. The third-order valence-electron chi connectivity index (χ3n) is 2.52. The highest BCUT2D eigenvalue weighted by atomic mass is 16.2. The quantitative estimate of drug-likeness (QED) is 0.445. The second kappa shape index (κ2) is 8.47. The van der Waals surface area contributed by atoms with Crippen molar-refractivity contribution < 1.29 is 14.4 Å². The summed E-state index contributed by atoms with van der Waals surface area (Å²) in [6.07, 6.45) is 0.759. The van der Waals surface area contributed by atoms with Crippen LogP contribution in [0.15, 0.2) is 0 Å². The van der Waals surface area contributed by atoms with Gasteiger partial charge in [-0.3, -0.25) is 14.4 Å². The van der Waals surface area contributed by atoms with E-state index < -0.39 is 23.9 Å². The van der Waals surface area contributed by atoms with Gasteiger partial charge in [0.15, 0.2) is 0 Å². The molecular weight excluding hydrogens is 248 g/mol. The lowest BCUT2D eigenvalue weighted by molar-refractivity contribution is -0.131. The average molecular weight is 272 g/mol. The summed E-state index contributed by atoms with van der Waals surface area (Å²) in [4.78, 5) is 34.3. The average Bonchev–Trinajstić information content (AvgIpc) is 2.26. The van der Waals surface area contributed by atoms with Gasteiger partial charge in [-0.05, 0) is 25.3 Å². The van der Waals surface area contributed by atoms with Gasteiger partial charge in [-0.1, -0.05) is 13.8 Å². The zero-order chi connectivity index (χ0) is 15.0. The van der Waals surface area contributed by atoms with Gasteiger partial charge in [-0.2, -0.15) is 0 Å². The Morgan fingerprint density at radius 1 is 1.11 bits per heavy atom. The van der Waals surface area contributed by atoms with Crippen LogP contribution < -0.4 is 22.1 Å². The summed E-state index contributed by atoms with van der Waals surface area (Å²) in [5, 5.41) is 5.05. The lowest BCUT2D eigenvalue weighted by Crippen LogP contribution is -2.53. The topological polar surface area (TPSA) is 127 Å². The molecule has 0 rings (SSSR count). The van der Waals surface area contributed by atoms with Gasteiger partial charge in [0.05, 0.1) is 0 Å². The summed E-state index contributed by atoms with van der Waals surface area (Å²) in [6, 6.07) is -1.47. The number of hydrogen-bond donors (Lipinski definition) is 4. The number of amides is 3. The Morgan fingerprint density at radius 2 is 1.68 bits per heavy atom. The maximum absolute atomic E-state index is 12.0. The standard InChI is InChI=1S/C12H24N4O3/c1-7(2)6-10(11(14)18)16-12(19)9(4-5-13)15-8(3)17/h7,9-10H,4-6,13H2,1-3H3,(H2,14,18)(H,15,17)(H,16,19)/t9-,10-/m0/s1. The van der Waals surface area contributed by atoms with Gasteiger partial charge in [0, 0.05) is 6.92 Å². The summed E-state index contributed by atoms with van der Waals surface area (Å²) in [5.41, 5.74) is 10.6. The van der Waals surface area contributed by atoms with Crippen LogP contribution in [0.3, 0.4) is 0 Å². The van der Waals surface area contributed by atoms with E-state index in [2.05, 4.69) is 10.6 Å². The van der Waals surface area contributed by atoms with Gasteiger partial charge in [-0.25, -0.2) is 0 Å². The maximum Gasteiger partial charge on any atom is 0.243 e. The molecule has 0 aromatic carbocycles. The number of nitrogens with one attached hydrogen (secondary N) is 2. The largest absolute Gasteiger partial charge is 0.368 e. The van der Waals surface area contributed by atoms with Crippen molar-refractivity contribution in [2.45, 2.75) is 45.7 Å². The van der Waals surface area contributed by atoms with E-state index in [-0.39, 0.29) is 18.4 Å². The highest BCUT2D eigenvalue weighted by Crippen LogP contribution is 2.05. The van der Waals surface area contributed by atoms with Crippen molar-refractivity contribution in [3.8, 4) is 0 Å². The van der Waals surface area contributed by atoms with Crippen LogP contribution in [0.2, 0.25) is 0 Å². The van der Waals surface area contributed by atoms with E-state index in [0.717, 1.165) is 0 Å². The monoisotopic (exact) mass is 272 g/mol. The lowest BCUT2D eigenvalue weighted by Gasteiger charge is -2.22. The first-order chi connectivity index (χ1) is 8.77. The lowest BCUT2D eigenvalue weighted by atomic mass is 10.0. The fraction of sp³-hybridized carbons (Fsp3) is 0.750. The second-order valence-corrected chi connectivity index (χ2v) is 4.92. The van der Waals surface area contributed by atoms with Gasteiger partial charge in [0.1, 0.15) is 12.1 Å². The number of carbonyl (C=O) groups is 3. The van der Waals surface area contributed by atoms with Crippen molar-refractivity contribution in [2.24, 2.45) is 17.4 Å². The molecule has 0 aromatic heterocycles. The first-order valence-electron chi connectivity index (χ1n) is 6.34. The Morgan fingerprint density at radius 3 is 2.05 bits per heavy atom. The fourth-order valence-electron chi connectivity index (χ4n) is 1.67. The summed E-state index contributed by atoms with van der Waals surface area (Å²) in [7, 11) is 0. The molecule has 0 heterocycles. The van der Waals surface area contributed by atoms with E-state index in [9.17, 15) is 14.4 Å². The van der Waals surface area contributed by atoms with Gasteiger partial charge >= 0.3 is 0 Å². The zero-order valence-electron chi connectivity index (χ0n) is 11.7. The molecule has 0 unspecified atom stereocenters. The smallest absolute Gasteiger partial charge is 0.243 e. The van der Waals surface area contributed by atoms with Crippen molar-refractivity contribution in [3.05, 3.63) is 0 Å². The molecule has 0 fully saturated rings. The maximum atomic E-state index is 12.0. The molecule has 7 heteroatoms. The van der Waals surface area contributed by atoms with Crippen LogP contribution in [0, 0.1) is 5.92 Å². The SMILES string of the molecule is CC(=O)N[C@@H](CCN)C(=O)N[C@@H](CC(C)C)C(N)=O. The van der Waals surface area contributed by atoms with E-state index >= 15 is 0 Å². The molecule has 3 amide bonds. The van der Waals surface area contributed by atoms with Gasteiger partial charge < -0.3 is 22.1 Å². The Balaban J connectivity index is 4.65. The molecule has 0 aliphatic heterocycles. The van der Waals surface area contributed by atoms with Crippen LogP contribution in [0.4, 0.5) is 0 Å². The number of nitrogens with two attached hydrogens (primary N) is 2. The van der Waals surface area contributed by atoms with E-state index in [4.69, 9.17) is 11.5 Å². The molecule has 0 aromatic rings. The summed E-state index contributed by atoms with van der Waals surface area (Å²) in [6.45, 7) is 5.42. The first kappa shape index (κ1) is 17.4. The van der Waals surface area contributed by atoms with Gasteiger partial charge in [0.2, 0.25) is 17.7 Å². The number of rotatable bonds is 8. The third-order valence-corrected chi connectivity index (χ3v) is 2.52. The van der Waals surface area contributed by atoms with Crippen molar-refractivity contribution in [2.75, 3.05) is 6.54 Å². The Hall–Kier alpha value is -1.63. The Bertz CT molecular complexity index is 331. The molecule has 19 heavy (non-hydrogen) atoms. The molecule has 0 saturated carbocycles. The first-order valence-corrected chi connectivity index (χ1v) is 6.34. The van der Waals surface area contributed by atoms with E-state index in [1.807, 2.05) is 13.8 Å². The Kier molecular flexibility index (Phi) is 7.74. The summed E-state index contributed by atoms with van der Waals surface area (Å²) in [5.74, 6) is -1.14. The van der Waals surface area contributed by atoms with Crippen molar-refractivity contribution in [1.29, 1.82) is 0 Å². The van der Waals surface area contributed by atoms with E-state index in [1.165, 1.54) is 6.92 Å². The minimum atomic E-state index is -0.739. The molecule has 0 saturated heterocycles. The second-order valence-electron chi connectivity index (χ2n) is 4.92. The number of carbonyl (C=O) groups excluding carboxylic acids is 3. The molecule has 0 bridgehead atoms. The van der Waals surface area contributed by atoms with Gasteiger partial charge in [-0.15, -0.1) is 0 Å². The molecule has 0 aliphatic rings. The van der Waals surface area contributed by atoms with Crippen LogP contribution >= 0.6 is 0 Å². The number of primary amides is 1. The summed E-state index contributed by atoms with van der Waals surface area (Å²) < 4.78 is 0. The van der Waals surface area contributed by atoms with Crippen LogP contribution in [0.1, 0.15) is 33.6 Å². The van der Waals surface area contributed by atoms with Crippen molar-refractivity contribution >= 4 is 17.7 Å². The van der Waals surface area contributed by atoms with Crippen LogP contribution in [0.25, 0.3) is 0 Å². The van der Waals surface area contributed by atoms with Crippen LogP contribution in [-0.2, 0) is 14.4 Å². The van der Waals surface area contributed by atoms with Crippen molar-refractivity contribution in [3.63, 3.8) is 0 Å². The fourth-order valence-corrected chi connectivity index (χ4v) is 1.67. The highest BCUT2D eigenvalue weighted by Gasteiger charge is 2.24. The van der Waals surface area contributed by atoms with E-state index in [1.54, 1.807) is 0 Å². The van der Waals surface area contributed by atoms with Crippen molar-refractivity contribution in [1.82, 2.24) is 10.6 Å². The molecular formula is C12H24N4O3.